The van der Waals surface area contributed by atoms with E-state index in [0.29, 0.717) is 17.4 Å². The number of para-hydroxylation sites is 1. The Morgan fingerprint density at radius 3 is 2.61 bits per heavy atom. The van der Waals surface area contributed by atoms with Crippen LogP contribution >= 0.6 is 11.3 Å². The molecule has 138 valence electrons. The van der Waals surface area contributed by atoms with E-state index in [1.54, 1.807) is 11.6 Å². The van der Waals surface area contributed by atoms with Gasteiger partial charge in [-0.1, -0.05) is 35.6 Å². The fraction of sp³-hybridized carbons (Fsp3) is 0.100. The largest absolute Gasteiger partial charge is 0.497 e. The van der Waals surface area contributed by atoms with Crippen LogP contribution in [0.1, 0.15) is 5.01 Å². The van der Waals surface area contributed by atoms with Crippen molar-refractivity contribution in [2.24, 2.45) is 0 Å². The van der Waals surface area contributed by atoms with Gasteiger partial charge in [0.1, 0.15) is 23.8 Å². The summed E-state index contributed by atoms with van der Waals surface area (Å²) in [5.41, 5.74) is 1.65. The molecule has 0 aliphatic heterocycles. The fourth-order valence-electron chi connectivity index (χ4n) is 2.88. The van der Waals surface area contributed by atoms with E-state index in [-0.39, 0.29) is 0 Å². The molecule has 0 bridgehead atoms. The van der Waals surface area contributed by atoms with Gasteiger partial charge in [-0.05, 0) is 36.4 Å². The number of aromatic nitrogens is 5. The molecular formula is C20H15N5O2S. The first-order valence-corrected chi connectivity index (χ1v) is 9.46. The summed E-state index contributed by atoms with van der Waals surface area (Å²) < 4.78 is 12.7. The number of fused-ring (bicyclic) bond motifs is 2. The van der Waals surface area contributed by atoms with E-state index < -0.39 is 0 Å². The van der Waals surface area contributed by atoms with Gasteiger partial charge in [-0.3, -0.25) is 0 Å². The Labute approximate surface area is 164 Å². The number of rotatable bonds is 5. The van der Waals surface area contributed by atoms with Crippen molar-refractivity contribution in [1.82, 2.24) is 24.8 Å². The van der Waals surface area contributed by atoms with Crippen LogP contribution in [0.3, 0.4) is 0 Å². The smallest absolute Gasteiger partial charge is 0.235 e. The van der Waals surface area contributed by atoms with Gasteiger partial charge < -0.3 is 9.47 Å². The Balaban J connectivity index is 1.41. The molecule has 0 spiro atoms. The summed E-state index contributed by atoms with van der Waals surface area (Å²) in [4.78, 5) is 5.39. The predicted molar refractivity (Wildman–Crippen MR) is 107 cm³/mol. The quantitative estimate of drug-likeness (QED) is 0.452. The van der Waals surface area contributed by atoms with Crippen LogP contribution in [0, 0.1) is 0 Å². The summed E-state index contributed by atoms with van der Waals surface area (Å²) in [7, 11) is 1.64. The third-order valence-corrected chi connectivity index (χ3v) is 5.15. The van der Waals surface area contributed by atoms with E-state index in [1.165, 1.54) is 11.3 Å². The molecule has 3 heterocycles. The van der Waals surface area contributed by atoms with E-state index in [2.05, 4.69) is 20.3 Å². The van der Waals surface area contributed by atoms with Crippen molar-refractivity contribution in [2.75, 3.05) is 7.11 Å². The summed E-state index contributed by atoms with van der Waals surface area (Å²) in [5, 5.41) is 15.0. The van der Waals surface area contributed by atoms with Crippen molar-refractivity contribution in [3.8, 4) is 23.0 Å². The van der Waals surface area contributed by atoms with Crippen LogP contribution in [0.15, 0.2) is 60.7 Å². The molecule has 28 heavy (non-hydrogen) atoms. The zero-order valence-electron chi connectivity index (χ0n) is 14.9. The standard InChI is InChI=1S/C20H15N5O2S/c1-26-14-7-9-15(10-8-14)27-12-18-24-25-19(22-23-20(25)28-18)17-11-6-13-4-2-3-5-16(13)21-17/h2-11H,12H2,1H3. The fourth-order valence-corrected chi connectivity index (χ4v) is 3.63. The number of hydrogen-bond acceptors (Lipinski definition) is 7. The topological polar surface area (TPSA) is 74.4 Å². The van der Waals surface area contributed by atoms with Crippen LogP contribution < -0.4 is 9.47 Å². The number of pyridine rings is 1. The van der Waals surface area contributed by atoms with Crippen molar-refractivity contribution in [3.63, 3.8) is 0 Å². The molecule has 0 saturated carbocycles. The first-order chi connectivity index (χ1) is 13.8. The second-order valence-electron chi connectivity index (χ2n) is 6.07. The number of benzene rings is 2. The van der Waals surface area contributed by atoms with Crippen LogP contribution in [-0.4, -0.2) is 31.9 Å². The van der Waals surface area contributed by atoms with E-state index in [4.69, 9.17) is 9.47 Å². The molecule has 0 aliphatic rings. The number of nitrogens with zero attached hydrogens (tertiary/aromatic N) is 5. The van der Waals surface area contributed by atoms with Crippen molar-refractivity contribution in [3.05, 3.63) is 65.7 Å². The van der Waals surface area contributed by atoms with Crippen LogP contribution in [0.25, 0.3) is 27.4 Å². The Kier molecular flexibility index (Phi) is 4.10. The average Bonchev–Trinajstić information content (AvgIpc) is 3.32. The first kappa shape index (κ1) is 16.6. The summed E-state index contributed by atoms with van der Waals surface area (Å²) in [6, 6.07) is 19.4. The zero-order valence-corrected chi connectivity index (χ0v) is 15.8. The summed E-state index contributed by atoms with van der Waals surface area (Å²) in [5.74, 6) is 2.16. The van der Waals surface area contributed by atoms with Gasteiger partial charge in [-0.25, -0.2) is 4.98 Å². The van der Waals surface area contributed by atoms with Crippen molar-refractivity contribution >= 4 is 27.2 Å². The molecule has 5 aromatic rings. The lowest BCUT2D eigenvalue weighted by Gasteiger charge is -2.04. The Bertz CT molecular complexity index is 1260. The lowest BCUT2D eigenvalue weighted by Crippen LogP contribution is -1.98. The average molecular weight is 389 g/mol. The van der Waals surface area contributed by atoms with Crippen LogP contribution in [0.5, 0.6) is 11.5 Å². The Morgan fingerprint density at radius 2 is 1.75 bits per heavy atom. The molecule has 0 saturated heterocycles. The highest BCUT2D eigenvalue weighted by molar-refractivity contribution is 7.16. The van der Waals surface area contributed by atoms with Gasteiger partial charge in [0, 0.05) is 5.39 Å². The molecule has 5 rings (SSSR count). The third-order valence-electron chi connectivity index (χ3n) is 4.28. The molecule has 0 fully saturated rings. The first-order valence-electron chi connectivity index (χ1n) is 8.64. The normalized spacial score (nSPS) is 11.2. The molecule has 0 aliphatic carbocycles. The number of hydrogen-bond donors (Lipinski definition) is 0. The third kappa shape index (κ3) is 3.03. The monoisotopic (exact) mass is 389 g/mol. The molecule has 0 atom stereocenters. The Morgan fingerprint density at radius 1 is 0.929 bits per heavy atom. The molecule has 2 aromatic carbocycles. The second kappa shape index (κ2) is 6.90. The summed E-state index contributed by atoms with van der Waals surface area (Å²) in [6.45, 7) is 0.352. The van der Waals surface area contributed by atoms with Gasteiger partial charge in [0.25, 0.3) is 0 Å². The summed E-state index contributed by atoms with van der Waals surface area (Å²) in [6.07, 6.45) is 0. The van der Waals surface area contributed by atoms with Crippen molar-refractivity contribution in [1.29, 1.82) is 0 Å². The Hall–Kier alpha value is -3.52. The molecule has 0 amide bonds. The second-order valence-corrected chi connectivity index (χ2v) is 7.11. The van der Waals surface area contributed by atoms with E-state index in [1.807, 2.05) is 60.7 Å². The molecule has 0 unspecified atom stereocenters. The maximum absolute atomic E-state index is 5.81. The molecular weight excluding hydrogens is 374 g/mol. The highest BCUT2D eigenvalue weighted by Gasteiger charge is 2.15. The zero-order chi connectivity index (χ0) is 18.9. The minimum atomic E-state index is 0.352. The van der Waals surface area contributed by atoms with E-state index in [0.717, 1.165) is 33.1 Å². The van der Waals surface area contributed by atoms with Gasteiger partial charge in [0.05, 0.1) is 12.6 Å². The van der Waals surface area contributed by atoms with Crippen LogP contribution in [-0.2, 0) is 6.61 Å². The lowest BCUT2D eigenvalue weighted by molar-refractivity contribution is 0.303. The minimum absolute atomic E-state index is 0.352. The summed E-state index contributed by atoms with van der Waals surface area (Å²) >= 11 is 1.44. The highest BCUT2D eigenvalue weighted by atomic mass is 32.1. The molecule has 7 nitrogen and oxygen atoms in total. The van der Waals surface area contributed by atoms with Crippen molar-refractivity contribution < 1.29 is 9.47 Å². The minimum Gasteiger partial charge on any atom is -0.497 e. The van der Waals surface area contributed by atoms with Crippen LogP contribution in [0.4, 0.5) is 0 Å². The van der Waals surface area contributed by atoms with E-state index in [9.17, 15) is 0 Å². The van der Waals surface area contributed by atoms with Gasteiger partial charge in [-0.15, -0.1) is 10.2 Å². The number of ether oxygens (including phenoxy) is 2. The number of methoxy groups -OCH3 is 1. The van der Waals surface area contributed by atoms with Crippen molar-refractivity contribution in [2.45, 2.75) is 6.61 Å². The van der Waals surface area contributed by atoms with Gasteiger partial charge in [0.2, 0.25) is 10.8 Å². The van der Waals surface area contributed by atoms with Gasteiger partial charge in [-0.2, -0.15) is 9.61 Å². The maximum Gasteiger partial charge on any atom is 0.235 e. The molecule has 3 aromatic heterocycles. The molecule has 0 N–H and O–H groups in total. The van der Waals surface area contributed by atoms with Gasteiger partial charge in [0.15, 0.2) is 5.01 Å². The van der Waals surface area contributed by atoms with Crippen LogP contribution in [0.2, 0.25) is 0 Å². The lowest BCUT2D eigenvalue weighted by atomic mass is 10.2. The molecule has 0 radical (unpaired) electrons. The van der Waals surface area contributed by atoms with E-state index >= 15 is 0 Å². The predicted octanol–water partition coefficient (Wildman–Crippen LogP) is 3.99. The highest BCUT2D eigenvalue weighted by Crippen LogP contribution is 2.24. The van der Waals surface area contributed by atoms with Gasteiger partial charge >= 0.3 is 0 Å². The maximum atomic E-state index is 5.81. The SMILES string of the molecule is COc1ccc(OCc2nn3c(-c4ccc5ccccc5n4)nnc3s2)cc1. The molecule has 8 heteroatoms.